The predicted octanol–water partition coefficient (Wildman–Crippen LogP) is 1.70. The first-order valence-electron chi connectivity index (χ1n) is 5.23. The Balaban J connectivity index is 2.28. The van der Waals surface area contributed by atoms with Gasteiger partial charge in [0.2, 0.25) is 0 Å². The Labute approximate surface area is 93.6 Å². The molecule has 4 heteroatoms. The van der Waals surface area contributed by atoms with E-state index in [2.05, 4.69) is 5.10 Å². The molecule has 0 radical (unpaired) electrons. The Hall–Kier alpha value is -1.81. The Morgan fingerprint density at radius 1 is 1.31 bits per heavy atom. The molecule has 4 nitrogen and oxygen atoms in total. The lowest BCUT2D eigenvalue weighted by atomic mass is 9.99. The summed E-state index contributed by atoms with van der Waals surface area (Å²) in [4.78, 5) is 0. The Kier molecular flexibility index (Phi) is 1.97. The molecule has 1 aliphatic rings. The number of ether oxygens (including phenoxy) is 1. The molecule has 0 spiro atoms. The maximum atomic E-state index is 6.06. The average Bonchev–Trinajstić information content (AvgIpc) is 2.87. The van der Waals surface area contributed by atoms with Crippen LogP contribution in [0.5, 0.6) is 0 Å². The smallest absolute Gasteiger partial charge is 0.0732 e. The molecule has 16 heavy (non-hydrogen) atoms. The second kappa shape index (κ2) is 3.35. The van der Waals surface area contributed by atoms with Crippen molar-refractivity contribution in [3.8, 4) is 11.3 Å². The lowest BCUT2D eigenvalue weighted by molar-refractivity contribution is 0.134. The van der Waals surface area contributed by atoms with Crippen LogP contribution in [-0.4, -0.2) is 9.78 Å². The average molecular weight is 215 g/mol. The number of benzene rings is 1. The first-order chi connectivity index (χ1) is 7.77. The quantitative estimate of drug-likeness (QED) is 0.737. The molecule has 2 aromatic rings. The van der Waals surface area contributed by atoms with E-state index >= 15 is 0 Å². The number of nitrogens with two attached hydrogens (primary N) is 1. The SMILES string of the molecule is Cn1nccc1-c1c(N)ccc2c1COC2. The van der Waals surface area contributed by atoms with Gasteiger partial charge in [0.05, 0.1) is 18.9 Å². The van der Waals surface area contributed by atoms with Gasteiger partial charge in [0.25, 0.3) is 0 Å². The Bertz CT molecular complexity index is 545. The lowest BCUT2D eigenvalue weighted by Gasteiger charge is -2.10. The summed E-state index contributed by atoms with van der Waals surface area (Å²) in [5.41, 5.74) is 11.4. The van der Waals surface area contributed by atoms with E-state index in [1.807, 2.05) is 29.9 Å². The van der Waals surface area contributed by atoms with Crippen molar-refractivity contribution in [2.24, 2.45) is 7.05 Å². The van der Waals surface area contributed by atoms with Crippen molar-refractivity contribution in [3.05, 3.63) is 35.5 Å². The molecule has 82 valence electrons. The highest BCUT2D eigenvalue weighted by Gasteiger charge is 2.20. The molecular formula is C12H13N3O. The number of aryl methyl sites for hydroxylation is 1. The number of nitrogens with zero attached hydrogens (tertiary/aromatic N) is 2. The van der Waals surface area contributed by atoms with E-state index < -0.39 is 0 Å². The van der Waals surface area contributed by atoms with Crippen LogP contribution in [0.2, 0.25) is 0 Å². The van der Waals surface area contributed by atoms with Crippen LogP contribution in [-0.2, 0) is 25.0 Å². The molecule has 0 unspecified atom stereocenters. The predicted molar refractivity (Wildman–Crippen MR) is 61.5 cm³/mol. The molecule has 0 saturated heterocycles. The maximum Gasteiger partial charge on any atom is 0.0732 e. The number of nitrogen functional groups attached to an aromatic ring is 1. The molecule has 0 atom stereocenters. The van der Waals surface area contributed by atoms with Gasteiger partial charge in [-0.1, -0.05) is 6.07 Å². The minimum atomic E-state index is 0.640. The first-order valence-corrected chi connectivity index (χ1v) is 5.23. The molecule has 2 heterocycles. The number of rotatable bonds is 1. The van der Waals surface area contributed by atoms with Crippen molar-refractivity contribution in [2.45, 2.75) is 13.2 Å². The molecule has 0 aliphatic carbocycles. The van der Waals surface area contributed by atoms with Gasteiger partial charge in [0, 0.05) is 24.5 Å². The van der Waals surface area contributed by atoms with Gasteiger partial charge in [-0.2, -0.15) is 5.10 Å². The Morgan fingerprint density at radius 3 is 2.94 bits per heavy atom. The fraction of sp³-hybridized carbons (Fsp3) is 0.250. The molecule has 2 N–H and O–H groups in total. The van der Waals surface area contributed by atoms with Crippen LogP contribution in [0.25, 0.3) is 11.3 Å². The second-order valence-corrected chi connectivity index (χ2v) is 4.00. The van der Waals surface area contributed by atoms with Crippen molar-refractivity contribution < 1.29 is 4.74 Å². The molecule has 0 bridgehead atoms. The van der Waals surface area contributed by atoms with Crippen molar-refractivity contribution in [3.63, 3.8) is 0 Å². The highest BCUT2D eigenvalue weighted by atomic mass is 16.5. The van der Waals surface area contributed by atoms with Crippen LogP contribution in [0.15, 0.2) is 24.4 Å². The zero-order chi connectivity index (χ0) is 11.1. The van der Waals surface area contributed by atoms with Crippen molar-refractivity contribution >= 4 is 5.69 Å². The van der Waals surface area contributed by atoms with E-state index in [0.717, 1.165) is 16.9 Å². The summed E-state index contributed by atoms with van der Waals surface area (Å²) < 4.78 is 7.30. The minimum absolute atomic E-state index is 0.640. The molecule has 0 saturated carbocycles. The van der Waals surface area contributed by atoms with Crippen LogP contribution in [0.3, 0.4) is 0 Å². The van der Waals surface area contributed by atoms with Gasteiger partial charge in [-0.05, 0) is 23.3 Å². The molecular weight excluding hydrogens is 202 g/mol. The number of aromatic nitrogens is 2. The number of fused-ring (bicyclic) bond motifs is 1. The Morgan fingerprint density at radius 2 is 2.19 bits per heavy atom. The molecule has 3 rings (SSSR count). The van der Waals surface area contributed by atoms with Crippen LogP contribution in [0.1, 0.15) is 11.1 Å². The zero-order valence-corrected chi connectivity index (χ0v) is 9.10. The highest BCUT2D eigenvalue weighted by Crippen LogP contribution is 2.35. The summed E-state index contributed by atoms with van der Waals surface area (Å²) in [6.45, 7) is 1.32. The van der Waals surface area contributed by atoms with Gasteiger partial charge < -0.3 is 10.5 Å². The molecule has 1 aromatic heterocycles. The maximum absolute atomic E-state index is 6.06. The van der Waals surface area contributed by atoms with Gasteiger partial charge >= 0.3 is 0 Å². The van der Waals surface area contributed by atoms with E-state index in [4.69, 9.17) is 10.5 Å². The normalized spacial score (nSPS) is 14.1. The number of hydrogen-bond acceptors (Lipinski definition) is 3. The van der Waals surface area contributed by atoms with Gasteiger partial charge in [-0.3, -0.25) is 4.68 Å². The zero-order valence-electron chi connectivity index (χ0n) is 9.10. The summed E-state index contributed by atoms with van der Waals surface area (Å²) >= 11 is 0. The standard InChI is InChI=1S/C12H13N3O/c1-15-11(4-5-14-15)12-9-7-16-6-8(9)2-3-10(12)13/h2-5H,6-7,13H2,1H3. The van der Waals surface area contributed by atoms with Gasteiger partial charge in [0.15, 0.2) is 0 Å². The van der Waals surface area contributed by atoms with E-state index in [1.165, 1.54) is 11.1 Å². The summed E-state index contributed by atoms with van der Waals surface area (Å²) in [6, 6.07) is 5.96. The fourth-order valence-corrected chi connectivity index (χ4v) is 2.19. The van der Waals surface area contributed by atoms with Crippen LogP contribution in [0.4, 0.5) is 5.69 Å². The van der Waals surface area contributed by atoms with Gasteiger partial charge in [0.1, 0.15) is 0 Å². The van der Waals surface area contributed by atoms with Gasteiger partial charge in [-0.25, -0.2) is 0 Å². The van der Waals surface area contributed by atoms with E-state index in [9.17, 15) is 0 Å². The van der Waals surface area contributed by atoms with E-state index in [-0.39, 0.29) is 0 Å². The molecule has 1 aliphatic heterocycles. The van der Waals surface area contributed by atoms with Crippen LogP contribution in [0, 0.1) is 0 Å². The molecule has 1 aromatic carbocycles. The highest BCUT2D eigenvalue weighted by molar-refractivity contribution is 5.78. The monoisotopic (exact) mass is 215 g/mol. The van der Waals surface area contributed by atoms with Crippen molar-refractivity contribution in [1.82, 2.24) is 9.78 Å². The van der Waals surface area contributed by atoms with Crippen molar-refractivity contribution in [1.29, 1.82) is 0 Å². The second-order valence-electron chi connectivity index (χ2n) is 4.00. The summed E-state index contributed by atoms with van der Waals surface area (Å²) in [7, 11) is 1.92. The summed E-state index contributed by atoms with van der Waals surface area (Å²) in [6.07, 6.45) is 1.78. The third kappa shape index (κ3) is 1.23. The molecule has 0 amide bonds. The molecule has 0 fully saturated rings. The van der Waals surface area contributed by atoms with Crippen molar-refractivity contribution in [2.75, 3.05) is 5.73 Å². The first kappa shape index (κ1) is 9.42. The lowest BCUT2D eigenvalue weighted by Crippen LogP contribution is -2.01. The fourth-order valence-electron chi connectivity index (χ4n) is 2.19. The van der Waals surface area contributed by atoms with E-state index in [0.29, 0.717) is 13.2 Å². The summed E-state index contributed by atoms with van der Waals surface area (Å²) in [5.74, 6) is 0. The topological polar surface area (TPSA) is 53.1 Å². The van der Waals surface area contributed by atoms with Crippen LogP contribution < -0.4 is 5.73 Å². The largest absolute Gasteiger partial charge is 0.398 e. The number of hydrogen-bond donors (Lipinski definition) is 1. The third-order valence-corrected chi connectivity index (χ3v) is 3.02. The number of anilines is 1. The summed E-state index contributed by atoms with van der Waals surface area (Å²) in [5, 5.41) is 4.18. The van der Waals surface area contributed by atoms with Crippen LogP contribution >= 0.6 is 0 Å². The third-order valence-electron chi connectivity index (χ3n) is 3.02. The van der Waals surface area contributed by atoms with Gasteiger partial charge in [-0.15, -0.1) is 0 Å². The minimum Gasteiger partial charge on any atom is -0.398 e. The van der Waals surface area contributed by atoms with E-state index in [1.54, 1.807) is 6.20 Å².